The number of piperazine rings is 1. The Bertz CT molecular complexity index is 790. The molecule has 0 unspecified atom stereocenters. The van der Waals surface area contributed by atoms with Crippen molar-refractivity contribution in [1.29, 1.82) is 0 Å². The molecule has 2 aromatic carbocycles. The molecule has 0 aliphatic carbocycles. The van der Waals surface area contributed by atoms with Gasteiger partial charge in [0.05, 0.1) is 14.2 Å². The van der Waals surface area contributed by atoms with Crippen molar-refractivity contribution in [3.05, 3.63) is 59.7 Å². The molecule has 1 fully saturated rings. The van der Waals surface area contributed by atoms with Crippen LogP contribution < -0.4 is 14.8 Å². The number of benzene rings is 2. The van der Waals surface area contributed by atoms with Crippen LogP contribution in [0, 0.1) is 0 Å². The van der Waals surface area contributed by atoms with E-state index in [9.17, 15) is 4.79 Å². The Morgan fingerprint density at radius 1 is 0.900 bits per heavy atom. The lowest BCUT2D eigenvalue weighted by molar-refractivity contribution is -0.121. The molecule has 6 heteroatoms. The Morgan fingerprint density at radius 2 is 1.60 bits per heavy atom. The van der Waals surface area contributed by atoms with Gasteiger partial charge in [-0.15, -0.1) is 0 Å². The van der Waals surface area contributed by atoms with E-state index in [0.29, 0.717) is 30.9 Å². The van der Waals surface area contributed by atoms with Crippen LogP contribution in [0.3, 0.4) is 0 Å². The molecule has 0 atom stereocenters. The van der Waals surface area contributed by atoms with E-state index in [4.69, 9.17) is 9.47 Å². The summed E-state index contributed by atoms with van der Waals surface area (Å²) in [6, 6.07) is 16.4. The monoisotopic (exact) mass is 411 g/mol. The summed E-state index contributed by atoms with van der Waals surface area (Å²) in [5, 5.41) is 3.05. The summed E-state index contributed by atoms with van der Waals surface area (Å²) in [6.07, 6.45) is 1.16. The number of rotatable bonds is 10. The van der Waals surface area contributed by atoms with E-state index >= 15 is 0 Å². The first kappa shape index (κ1) is 22.1. The highest BCUT2D eigenvalue weighted by atomic mass is 16.5. The molecular weight excluding hydrogens is 378 g/mol. The van der Waals surface area contributed by atoms with Crippen molar-refractivity contribution >= 4 is 5.91 Å². The van der Waals surface area contributed by atoms with Crippen LogP contribution in [0.2, 0.25) is 0 Å². The second-order valence-electron chi connectivity index (χ2n) is 7.64. The number of methoxy groups -OCH3 is 2. The van der Waals surface area contributed by atoms with Gasteiger partial charge in [-0.05, 0) is 29.7 Å². The summed E-state index contributed by atoms with van der Waals surface area (Å²) >= 11 is 0. The van der Waals surface area contributed by atoms with E-state index in [1.54, 1.807) is 14.2 Å². The van der Waals surface area contributed by atoms with Gasteiger partial charge in [-0.3, -0.25) is 14.6 Å². The van der Waals surface area contributed by atoms with E-state index in [2.05, 4.69) is 45.4 Å². The second-order valence-corrected chi connectivity index (χ2v) is 7.64. The standard InChI is InChI=1S/C24H33N3O3/c1-29-22-10-8-20(18-23(22)30-2)9-11-24(28)25-12-13-26-14-16-27(17-15-26)19-21-6-4-3-5-7-21/h3-8,10,18H,9,11-17,19H2,1-2H3,(H,25,28). The fourth-order valence-corrected chi connectivity index (χ4v) is 3.75. The summed E-state index contributed by atoms with van der Waals surface area (Å²) in [5.41, 5.74) is 2.44. The third kappa shape index (κ3) is 6.75. The van der Waals surface area contributed by atoms with Gasteiger partial charge in [0.15, 0.2) is 11.5 Å². The highest BCUT2D eigenvalue weighted by Gasteiger charge is 2.16. The zero-order valence-electron chi connectivity index (χ0n) is 18.1. The van der Waals surface area contributed by atoms with E-state index in [1.165, 1.54) is 5.56 Å². The molecular formula is C24H33N3O3. The fourth-order valence-electron chi connectivity index (χ4n) is 3.75. The number of carbonyl (C=O) groups excluding carboxylic acids is 1. The number of carbonyl (C=O) groups is 1. The normalized spacial score (nSPS) is 15.0. The molecule has 1 amide bonds. The van der Waals surface area contributed by atoms with Crippen molar-refractivity contribution in [3.63, 3.8) is 0 Å². The third-order valence-electron chi connectivity index (χ3n) is 5.55. The number of hydrogen-bond acceptors (Lipinski definition) is 5. The predicted molar refractivity (Wildman–Crippen MR) is 119 cm³/mol. The Balaban J connectivity index is 1.31. The van der Waals surface area contributed by atoms with Crippen molar-refractivity contribution in [2.45, 2.75) is 19.4 Å². The first-order chi connectivity index (χ1) is 14.7. The number of hydrogen-bond donors (Lipinski definition) is 1. The van der Waals surface area contributed by atoms with Crippen LogP contribution in [0.4, 0.5) is 0 Å². The van der Waals surface area contributed by atoms with Crippen LogP contribution in [-0.4, -0.2) is 69.2 Å². The summed E-state index contributed by atoms with van der Waals surface area (Å²) < 4.78 is 10.6. The fraction of sp³-hybridized carbons (Fsp3) is 0.458. The highest BCUT2D eigenvalue weighted by molar-refractivity contribution is 5.76. The molecule has 1 aliphatic heterocycles. The average molecular weight is 412 g/mol. The topological polar surface area (TPSA) is 54.0 Å². The quantitative estimate of drug-likeness (QED) is 0.651. The molecule has 3 rings (SSSR count). The number of amides is 1. The minimum absolute atomic E-state index is 0.0903. The van der Waals surface area contributed by atoms with Crippen molar-refractivity contribution in [2.24, 2.45) is 0 Å². The predicted octanol–water partition coefficient (Wildman–Crippen LogP) is 2.57. The number of nitrogens with one attached hydrogen (secondary N) is 1. The third-order valence-corrected chi connectivity index (χ3v) is 5.55. The van der Waals surface area contributed by atoms with E-state index in [1.807, 2.05) is 18.2 Å². The second kappa shape index (κ2) is 11.6. The van der Waals surface area contributed by atoms with Crippen LogP contribution in [-0.2, 0) is 17.8 Å². The largest absolute Gasteiger partial charge is 0.493 e. The Kier molecular flexibility index (Phi) is 8.53. The molecule has 0 bridgehead atoms. The molecule has 1 N–H and O–H groups in total. The first-order valence-electron chi connectivity index (χ1n) is 10.6. The zero-order valence-corrected chi connectivity index (χ0v) is 18.1. The van der Waals surface area contributed by atoms with Crippen molar-refractivity contribution in [2.75, 3.05) is 53.5 Å². The van der Waals surface area contributed by atoms with Crippen LogP contribution in [0.15, 0.2) is 48.5 Å². The average Bonchev–Trinajstić information content (AvgIpc) is 2.79. The van der Waals surface area contributed by atoms with Gasteiger partial charge in [-0.1, -0.05) is 36.4 Å². The van der Waals surface area contributed by atoms with Gasteiger partial charge in [-0.25, -0.2) is 0 Å². The molecule has 0 spiro atoms. The van der Waals surface area contributed by atoms with Crippen molar-refractivity contribution in [1.82, 2.24) is 15.1 Å². The molecule has 6 nitrogen and oxygen atoms in total. The maximum atomic E-state index is 12.2. The number of ether oxygens (including phenoxy) is 2. The summed E-state index contributed by atoms with van der Waals surface area (Å²) in [4.78, 5) is 17.1. The van der Waals surface area contributed by atoms with Gasteiger partial charge in [-0.2, -0.15) is 0 Å². The van der Waals surface area contributed by atoms with Gasteiger partial charge in [0.25, 0.3) is 0 Å². The molecule has 30 heavy (non-hydrogen) atoms. The van der Waals surface area contributed by atoms with Crippen molar-refractivity contribution < 1.29 is 14.3 Å². The molecule has 0 radical (unpaired) electrons. The molecule has 2 aromatic rings. The van der Waals surface area contributed by atoms with Crippen LogP contribution in [0.25, 0.3) is 0 Å². The van der Waals surface area contributed by atoms with Crippen LogP contribution in [0.1, 0.15) is 17.5 Å². The minimum Gasteiger partial charge on any atom is -0.493 e. The maximum absolute atomic E-state index is 12.2. The van der Waals surface area contributed by atoms with Crippen LogP contribution >= 0.6 is 0 Å². The summed E-state index contributed by atoms with van der Waals surface area (Å²) in [6.45, 7) is 6.86. The van der Waals surface area contributed by atoms with Gasteiger partial charge in [0.1, 0.15) is 0 Å². The lowest BCUT2D eigenvalue weighted by Crippen LogP contribution is -2.48. The maximum Gasteiger partial charge on any atom is 0.220 e. The zero-order chi connectivity index (χ0) is 21.2. The Morgan fingerprint density at radius 3 is 2.30 bits per heavy atom. The Hall–Kier alpha value is -2.57. The summed E-state index contributed by atoms with van der Waals surface area (Å²) in [7, 11) is 3.24. The Labute approximate surface area is 179 Å². The minimum atomic E-state index is 0.0903. The number of aryl methyl sites for hydroxylation is 1. The van der Waals surface area contributed by atoms with Gasteiger partial charge < -0.3 is 14.8 Å². The molecule has 1 aliphatic rings. The van der Waals surface area contributed by atoms with E-state index in [0.717, 1.165) is 44.8 Å². The van der Waals surface area contributed by atoms with Crippen LogP contribution in [0.5, 0.6) is 11.5 Å². The highest BCUT2D eigenvalue weighted by Crippen LogP contribution is 2.27. The van der Waals surface area contributed by atoms with Crippen molar-refractivity contribution in [3.8, 4) is 11.5 Å². The molecule has 1 saturated heterocycles. The summed E-state index contributed by atoms with van der Waals surface area (Å²) in [5.74, 6) is 1.49. The molecule has 0 aromatic heterocycles. The smallest absolute Gasteiger partial charge is 0.220 e. The van der Waals surface area contributed by atoms with E-state index in [-0.39, 0.29) is 5.91 Å². The number of nitrogens with zero attached hydrogens (tertiary/aromatic N) is 2. The lowest BCUT2D eigenvalue weighted by Gasteiger charge is -2.34. The van der Waals surface area contributed by atoms with Gasteiger partial charge in [0.2, 0.25) is 5.91 Å². The van der Waals surface area contributed by atoms with Gasteiger partial charge in [0, 0.05) is 52.2 Å². The first-order valence-corrected chi connectivity index (χ1v) is 10.6. The van der Waals surface area contributed by atoms with E-state index < -0.39 is 0 Å². The molecule has 1 heterocycles. The van der Waals surface area contributed by atoms with Gasteiger partial charge >= 0.3 is 0 Å². The molecule has 0 saturated carbocycles. The lowest BCUT2D eigenvalue weighted by atomic mass is 10.1. The molecule has 162 valence electrons. The SMILES string of the molecule is COc1ccc(CCC(=O)NCCN2CCN(Cc3ccccc3)CC2)cc1OC.